The first-order valence-electron chi connectivity index (χ1n) is 14.1. The third kappa shape index (κ3) is 3.22. The van der Waals surface area contributed by atoms with Gasteiger partial charge in [0.05, 0.1) is 12.7 Å². The molecule has 5 saturated carbocycles. The number of hydrogen-bond donors (Lipinski definition) is 1. The van der Waals surface area contributed by atoms with Gasteiger partial charge in [-0.3, -0.25) is 4.79 Å². The first-order valence-corrected chi connectivity index (χ1v) is 14.1. The van der Waals surface area contributed by atoms with Crippen LogP contribution in [0.2, 0.25) is 0 Å². The van der Waals surface area contributed by atoms with Gasteiger partial charge in [0.2, 0.25) is 5.88 Å². The number of nitrogens with zero attached hydrogens (tertiary/aromatic N) is 1. The summed E-state index contributed by atoms with van der Waals surface area (Å²) in [6.07, 6.45) is 13.2. The van der Waals surface area contributed by atoms with Crippen molar-refractivity contribution >= 4 is 5.91 Å². The van der Waals surface area contributed by atoms with Crippen LogP contribution in [0.1, 0.15) is 82.5 Å². The summed E-state index contributed by atoms with van der Waals surface area (Å²) in [5.74, 6) is 5.05. The second-order valence-corrected chi connectivity index (χ2v) is 13.2. The molecule has 5 aliphatic carbocycles. The number of aromatic nitrogens is 1. The van der Waals surface area contributed by atoms with Gasteiger partial charge < -0.3 is 14.8 Å². The summed E-state index contributed by atoms with van der Waals surface area (Å²) < 4.78 is 12.4. The smallest absolute Gasteiger partial charge is 0.251 e. The maximum absolute atomic E-state index is 12.0. The Bertz CT molecular complexity index is 998. The molecule has 5 nitrogen and oxygen atoms in total. The lowest BCUT2D eigenvalue weighted by atomic mass is 9.45. The Morgan fingerprint density at radius 3 is 2.77 bits per heavy atom. The molecule has 1 heterocycles. The van der Waals surface area contributed by atoms with Gasteiger partial charge in [-0.2, -0.15) is 0 Å². The molecule has 6 rings (SSSR count). The summed E-state index contributed by atoms with van der Waals surface area (Å²) in [6, 6.07) is 3.48. The molecule has 0 bridgehead atoms. The molecule has 1 aromatic rings. The van der Waals surface area contributed by atoms with Crippen LogP contribution in [0, 0.1) is 51.8 Å². The molecule has 5 fully saturated rings. The molecule has 1 N–H and O–H groups in total. The van der Waals surface area contributed by atoms with Crippen LogP contribution in [0.3, 0.4) is 0 Å². The number of nitrogens with one attached hydrogen (secondary N) is 1. The second kappa shape index (κ2) is 8.19. The van der Waals surface area contributed by atoms with Crippen molar-refractivity contribution in [3.8, 4) is 5.88 Å². The van der Waals surface area contributed by atoms with Crippen molar-refractivity contribution in [2.75, 3.05) is 20.8 Å². The monoisotopic (exact) mass is 480 g/mol. The lowest BCUT2D eigenvalue weighted by molar-refractivity contribution is -0.161. The molecule has 1 aromatic heterocycles. The summed E-state index contributed by atoms with van der Waals surface area (Å²) in [7, 11) is 3.63. The Kier molecular flexibility index (Phi) is 5.56. The first kappa shape index (κ1) is 23.8. The highest BCUT2D eigenvalue weighted by Gasteiger charge is 2.77. The van der Waals surface area contributed by atoms with Crippen molar-refractivity contribution in [2.24, 2.45) is 51.8 Å². The largest absolute Gasteiger partial charge is 0.477 e. The summed E-state index contributed by atoms with van der Waals surface area (Å²) in [5.41, 5.74) is 1.99. The quantitative estimate of drug-likeness (QED) is 0.564. The molecule has 0 radical (unpaired) electrons. The SMILES string of the molecule is CNC(=O)c1ccnc(OC[C@@H](C)[C@H]2CC[C@H]3[C@@H]4CC(OC)[C@@]56C[C@H]5CC[C@]6(C)[C@H]4CC[C@]23C)c1. The van der Waals surface area contributed by atoms with Crippen molar-refractivity contribution < 1.29 is 14.3 Å². The highest BCUT2D eigenvalue weighted by molar-refractivity contribution is 5.94. The minimum Gasteiger partial charge on any atom is -0.477 e. The Labute approximate surface area is 211 Å². The second-order valence-electron chi connectivity index (χ2n) is 13.2. The van der Waals surface area contributed by atoms with Crippen molar-refractivity contribution in [2.45, 2.75) is 78.2 Å². The number of carbonyl (C=O) groups excluding carboxylic acids is 1. The number of pyridine rings is 1. The van der Waals surface area contributed by atoms with Gasteiger partial charge in [-0.25, -0.2) is 4.98 Å². The van der Waals surface area contributed by atoms with Gasteiger partial charge in [0.1, 0.15) is 0 Å². The predicted molar refractivity (Wildman–Crippen MR) is 136 cm³/mol. The molecule has 35 heavy (non-hydrogen) atoms. The van der Waals surface area contributed by atoms with E-state index in [1.165, 1.54) is 51.4 Å². The van der Waals surface area contributed by atoms with Gasteiger partial charge in [0.15, 0.2) is 0 Å². The number of ether oxygens (including phenoxy) is 2. The topological polar surface area (TPSA) is 60.5 Å². The zero-order chi connectivity index (χ0) is 24.6. The van der Waals surface area contributed by atoms with Crippen molar-refractivity contribution in [1.29, 1.82) is 0 Å². The van der Waals surface area contributed by atoms with Crippen LogP contribution < -0.4 is 10.1 Å². The molecule has 0 aromatic carbocycles. The van der Waals surface area contributed by atoms with Crippen LogP contribution in [0.5, 0.6) is 5.88 Å². The van der Waals surface area contributed by atoms with Crippen LogP contribution in [0.4, 0.5) is 0 Å². The van der Waals surface area contributed by atoms with Crippen molar-refractivity contribution in [1.82, 2.24) is 10.3 Å². The van der Waals surface area contributed by atoms with Crippen molar-refractivity contribution in [3.63, 3.8) is 0 Å². The van der Waals surface area contributed by atoms with Crippen LogP contribution in [-0.2, 0) is 4.74 Å². The fourth-order valence-electron chi connectivity index (χ4n) is 10.7. The highest BCUT2D eigenvalue weighted by atomic mass is 16.5. The Morgan fingerprint density at radius 2 is 2.03 bits per heavy atom. The minimum atomic E-state index is -0.106. The zero-order valence-corrected chi connectivity index (χ0v) is 22.3. The molecule has 10 atom stereocenters. The fraction of sp³-hybridized carbons (Fsp3) is 0.800. The van der Waals surface area contributed by atoms with E-state index >= 15 is 0 Å². The lowest BCUT2D eigenvalue weighted by Gasteiger charge is -2.61. The molecule has 1 unspecified atom stereocenters. The normalized spacial score (nSPS) is 46.1. The summed E-state index contributed by atoms with van der Waals surface area (Å²) >= 11 is 0. The molecule has 0 saturated heterocycles. The Hall–Kier alpha value is -1.62. The first-order chi connectivity index (χ1) is 16.8. The van der Waals surface area contributed by atoms with Gasteiger partial charge >= 0.3 is 0 Å². The Morgan fingerprint density at radius 1 is 1.20 bits per heavy atom. The van der Waals surface area contributed by atoms with E-state index in [1.54, 1.807) is 25.4 Å². The molecule has 0 aliphatic heterocycles. The molecule has 1 spiro atoms. The standard InChI is InChI=1S/C30H44N2O3/c1-18(17-35-26-14-19(10-13-32-26)27(33)31-4)22-6-7-23-21-15-25(34-5)30-16-20(30)8-12-29(30,3)24(21)9-11-28(22,23)2/h10,13-14,18,20-25H,6-9,11-12,15-17H2,1-5H3,(H,31,33)/t18-,20-,21+,22-,23+,24+,25?,28-,29-,30-/m1/s1. The summed E-state index contributed by atoms with van der Waals surface area (Å²) in [6.45, 7) is 8.30. The lowest BCUT2D eigenvalue weighted by Crippen LogP contribution is -2.57. The van der Waals surface area contributed by atoms with E-state index in [0.717, 1.165) is 23.7 Å². The molecule has 1 amide bonds. The van der Waals surface area contributed by atoms with E-state index in [-0.39, 0.29) is 5.91 Å². The molecular formula is C30H44N2O3. The van der Waals surface area contributed by atoms with Gasteiger partial charge in [0, 0.05) is 37.4 Å². The maximum Gasteiger partial charge on any atom is 0.251 e. The van der Waals surface area contributed by atoms with Gasteiger partial charge in [-0.15, -0.1) is 0 Å². The summed E-state index contributed by atoms with van der Waals surface area (Å²) in [4.78, 5) is 16.3. The van der Waals surface area contributed by atoms with Gasteiger partial charge in [-0.05, 0) is 104 Å². The van der Waals surface area contributed by atoms with E-state index in [4.69, 9.17) is 9.47 Å². The van der Waals surface area contributed by atoms with Crippen molar-refractivity contribution in [3.05, 3.63) is 23.9 Å². The fourth-order valence-corrected chi connectivity index (χ4v) is 10.7. The van der Waals surface area contributed by atoms with E-state index < -0.39 is 0 Å². The Balaban J connectivity index is 1.17. The van der Waals surface area contributed by atoms with Crippen LogP contribution in [-0.4, -0.2) is 37.8 Å². The third-order valence-electron chi connectivity index (χ3n) is 12.3. The molecular weight excluding hydrogens is 436 g/mol. The van der Waals surface area contributed by atoms with E-state index in [9.17, 15) is 4.79 Å². The average molecular weight is 481 g/mol. The highest BCUT2D eigenvalue weighted by Crippen LogP contribution is 2.82. The number of rotatable bonds is 6. The molecule has 5 aliphatic rings. The molecule has 192 valence electrons. The predicted octanol–water partition coefficient (Wildman–Crippen LogP) is 5.74. The summed E-state index contributed by atoms with van der Waals surface area (Å²) in [5, 5.41) is 2.67. The van der Waals surface area contributed by atoms with Crippen LogP contribution >= 0.6 is 0 Å². The minimum absolute atomic E-state index is 0.106. The van der Waals surface area contributed by atoms with E-state index in [1.807, 2.05) is 7.11 Å². The van der Waals surface area contributed by atoms with Crippen LogP contribution in [0.15, 0.2) is 18.3 Å². The van der Waals surface area contributed by atoms with E-state index in [0.29, 0.717) is 52.2 Å². The molecule has 5 heteroatoms. The third-order valence-corrected chi connectivity index (χ3v) is 12.3. The average Bonchev–Trinajstić information content (AvgIpc) is 3.38. The number of carbonyl (C=O) groups is 1. The number of methoxy groups -OCH3 is 1. The van der Waals surface area contributed by atoms with Gasteiger partial charge in [-0.1, -0.05) is 20.8 Å². The van der Waals surface area contributed by atoms with Crippen LogP contribution in [0.25, 0.3) is 0 Å². The zero-order valence-electron chi connectivity index (χ0n) is 22.3. The van der Waals surface area contributed by atoms with E-state index in [2.05, 4.69) is 31.1 Å². The number of hydrogen-bond acceptors (Lipinski definition) is 4. The number of fused-ring (bicyclic) bond motifs is 4. The van der Waals surface area contributed by atoms with Gasteiger partial charge in [0.25, 0.3) is 5.91 Å². The number of amides is 1. The maximum atomic E-state index is 12.0.